The molecule has 0 saturated heterocycles. The van der Waals surface area contributed by atoms with Crippen molar-refractivity contribution in [2.75, 3.05) is 6.61 Å². The summed E-state index contributed by atoms with van der Waals surface area (Å²) in [6.07, 6.45) is -3.24. The SMILES string of the molecule is CC(NC(=O)c1ccc(C(C)(C)C#N)cc1)c1ccc(OCC(F)(F)F)cn1. The molecule has 2 rings (SSSR count). The minimum atomic E-state index is -4.42. The molecule has 28 heavy (non-hydrogen) atoms. The van der Waals surface area contributed by atoms with E-state index in [1.54, 1.807) is 45.0 Å². The lowest BCUT2D eigenvalue weighted by Crippen LogP contribution is -2.27. The first kappa shape index (κ1) is 21.2. The summed E-state index contributed by atoms with van der Waals surface area (Å²) in [6, 6.07) is 11.3. The topological polar surface area (TPSA) is 75.0 Å². The predicted molar refractivity (Wildman–Crippen MR) is 96.7 cm³/mol. The van der Waals surface area contributed by atoms with Crippen molar-refractivity contribution in [2.24, 2.45) is 0 Å². The molecule has 1 N–H and O–H groups in total. The van der Waals surface area contributed by atoms with Crippen LogP contribution in [0.15, 0.2) is 42.6 Å². The summed E-state index contributed by atoms with van der Waals surface area (Å²) in [5, 5.41) is 11.9. The molecule has 148 valence electrons. The summed E-state index contributed by atoms with van der Waals surface area (Å²) in [5.41, 5.74) is 1.06. The first-order valence-electron chi connectivity index (χ1n) is 8.50. The zero-order valence-electron chi connectivity index (χ0n) is 15.7. The van der Waals surface area contributed by atoms with Gasteiger partial charge in [0, 0.05) is 5.56 Å². The van der Waals surface area contributed by atoms with E-state index < -0.39 is 24.2 Å². The molecule has 0 aliphatic heterocycles. The van der Waals surface area contributed by atoms with Crippen LogP contribution in [0.2, 0.25) is 0 Å². The monoisotopic (exact) mass is 391 g/mol. The quantitative estimate of drug-likeness (QED) is 0.796. The molecule has 1 atom stereocenters. The van der Waals surface area contributed by atoms with E-state index in [1.807, 2.05) is 0 Å². The van der Waals surface area contributed by atoms with Gasteiger partial charge in [0.15, 0.2) is 6.61 Å². The highest BCUT2D eigenvalue weighted by Gasteiger charge is 2.28. The van der Waals surface area contributed by atoms with Crippen LogP contribution < -0.4 is 10.1 Å². The number of hydrogen-bond acceptors (Lipinski definition) is 4. The van der Waals surface area contributed by atoms with Crippen LogP contribution >= 0.6 is 0 Å². The molecule has 0 aliphatic rings. The van der Waals surface area contributed by atoms with E-state index in [9.17, 15) is 18.0 Å². The lowest BCUT2D eigenvalue weighted by atomic mass is 9.86. The van der Waals surface area contributed by atoms with Gasteiger partial charge in [0.05, 0.1) is 29.4 Å². The minimum absolute atomic E-state index is 0.00435. The fourth-order valence-electron chi connectivity index (χ4n) is 2.36. The molecular formula is C20H20F3N3O2. The Hall–Kier alpha value is -3.08. The summed E-state index contributed by atoms with van der Waals surface area (Å²) in [7, 11) is 0. The van der Waals surface area contributed by atoms with Gasteiger partial charge in [0.2, 0.25) is 0 Å². The average Bonchev–Trinajstić information content (AvgIpc) is 2.66. The first-order valence-corrected chi connectivity index (χ1v) is 8.50. The summed E-state index contributed by atoms with van der Waals surface area (Å²) in [4.78, 5) is 16.4. The number of carbonyl (C=O) groups is 1. The summed E-state index contributed by atoms with van der Waals surface area (Å²) >= 11 is 0. The molecular weight excluding hydrogens is 371 g/mol. The second-order valence-electron chi connectivity index (χ2n) is 6.83. The van der Waals surface area contributed by atoms with E-state index in [0.717, 1.165) is 5.56 Å². The van der Waals surface area contributed by atoms with Crippen molar-refractivity contribution in [1.29, 1.82) is 5.26 Å². The normalized spacial score (nSPS) is 12.8. The van der Waals surface area contributed by atoms with Gasteiger partial charge in [-0.1, -0.05) is 12.1 Å². The van der Waals surface area contributed by atoms with Crippen LogP contribution in [0, 0.1) is 11.3 Å². The number of benzene rings is 1. The highest BCUT2D eigenvalue weighted by Crippen LogP contribution is 2.23. The maximum atomic E-state index is 12.4. The number of hydrogen-bond donors (Lipinski definition) is 1. The molecule has 0 saturated carbocycles. The fraction of sp³-hybridized carbons (Fsp3) is 0.350. The van der Waals surface area contributed by atoms with Crippen LogP contribution in [0.25, 0.3) is 0 Å². The van der Waals surface area contributed by atoms with Crippen molar-refractivity contribution >= 4 is 5.91 Å². The largest absolute Gasteiger partial charge is 0.483 e. The van der Waals surface area contributed by atoms with Crippen molar-refractivity contribution in [3.05, 3.63) is 59.4 Å². The predicted octanol–water partition coefficient (Wildman–Crippen LogP) is 4.31. The van der Waals surface area contributed by atoms with Crippen molar-refractivity contribution in [3.63, 3.8) is 0 Å². The van der Waals surface area contributed by atoms with Crippen LogP contribution in [0.4, 0.5) is 13.2 Å². The Morgan fingerprint density at radius 2 is 1.86 bits per heavy atom. The molecule has 0 bridgehead atoms. The van der Waals surface area contributed by atoms with Crippen LogP contribution in [0.3, 0.4) is 0 Å². The Morgan fingerprint density at radius 1 is 1.21 bits per heavy atom. The maximum absolute atomic E-state index is 12.4. The Morgan fingerprint density at radius 3 is 2.36 bits per heavy atom. The molecule has 1 aromatic carbocycles. The van der Waals surface area contributed by atoms with Gasteiger partial charge in [-0.3, -0.25) is 9.78 Å². The third-order valence-corrected chi connectivity index (χ3v) is 4.10. The van der Waals surface area contributed by atoms with E-state index in [0.29, 0.717) is 11.3 Å². The summed E-state index contributed by atoms with van der Waals surface area (Å²) in [6.45, 7) is 3.90. The van der Waals surface area contributed by atoms with Gasteiger partial charge in [0.1, 0.15) is 5.75 Å². The summed E-state index contributed by atoms with van der Waals surface area (Å²) in [5.74, 6) is -0.330. The smallest absolute Gasteiger partial charge is 0.422 e. The highest BCUT2D eigenvalue weighted by molar-refractivity contribution is 5.94. The third-order valence-electron chi connectivity index (χ3n) is 4.10. The zero-order valence-corrected chi connectivity index (χ0v) is 15.7. The number of nitrogens with one attached hydrogen (secondary N) is 1. The number of nitrogens with zero attached hydrogens (tertiary/aromatic N) is 2. The van der Waals surface area contributed by atoms with Gasteiger partial charge in [-0.25, -0.2) is 0 Å². The maximum Gasteiger partial charge on any atom is 0.422 e. The number of carbonyl (C=O) groups excluding carboxylic acids is 1. The zero-order chi connectivity index (χ0) is 20.9. The first-order chi connectivity index (χ1) is 13.0. The van der Waals surface area contributed by atoms with E-state index in [1.165, 1.54) is 18.3 Å². The van der Waals surface area contributed by atoms with Crippen molar-refractivity contribution in [1.82, 2.24) is 10.3 Å². The molecule has 0 aliphatic carbocycles. The number of rotatable bonds is 6. The van der Waals surface area contributed by atoms with Gasteiger partial charge in [-0.2, -0.15) is 18.4 Å². The van der Waals surface area contributed by atoms with E-state index >= 15 is 0 Å². The molecule has 1 unspecified atom stereocenters. The van der Waals surface area contributed by atoms with E-state index in [4.69, 9.17) is 5.26 Å². The third kappa shape index (κ3) is 5.71. The standard InChI is InChI=1S/C20H20F3N3O2/c1-13(17-9-8-16(10-25-17)28-12-20(21,22)23)26-18(27)14-4-6-15(7-5-14)19(2,3)11-24/h4-10,13H,12H2,1-3H3,(H,26,27). The van der Waals surface area contributed by atoms with Crippen LogP contribution in [0.5, 0.6) is 5.75 Å². The summed E-state index contributed by atoms with van der Waals surface area (Å²) < 4.78 is 41.1. The Bertz CT molecular complexity index is 854. The molecule has 8 heteroatoms. The molecule has 0 radical (unpaired) electrons. The van der Waals surface area contributed by atoms with Crippen molar-refractivity contribution in [2.45, 2.75) is 38.4 Å². The van der Waals surface area contributed by atoms with Crippen LogP contribution in [-0.4, -0.2) is 23.7 Å². The number of amides is 1. The Balaban J connectivity index is 1.99. The average molecular weight is 391 g/mol. The van der Waals surface area contributed by atoms with Gasteiger partial charge < -0.3 is 10.1 Å². The Labute approximate surface area is 161 Å². The minimum Gasteiger partial charge on any atom is -0.483 e. The number of aromatic nitrogens is 1. The van der Waals surface area contributed by atoms with Crippen LogP contribution in [-0.2, 0) is 5.41 Å². The molecule has 1 heterocycles. The lowest BCUT2D eigenvalue weighted by molar-refractivity contribution is -0.153. The number of nitriles is 1. The fourth-order valence-corrected chi connectivity index (χ4v) is 2.36. The van der Waals surface area contributed by atoms with Crippen molar-refractivity contribution in [3.8, 4) is 11.8 Å². The number of ether oxygens (including phenoxy) is 1. The number of alkyl halides is 3. The van der Waals surface area contributed by atoms with E-state index in [2.05, 4.69) is 21.1 Å². The second kappa shape index (κ2) is 8.30. The molecule has 0 fully saturated rings. The number of pyridine rings is 1. The molecule has 0 spiro atoms. The Kier molecular flexibility index (Phi) is 6.29. The molecule has 5 nitrogen and oxygen atoms in total. The van der Waals surface area contributed by atoms with Crippen LogP contribution in [0.1, 0.15) is 48.4 Å². The molecule has 1 aromatic heterocycles. The molecule has 2 aromatic rings. The van der Waals surface area contributed by atoms with Gasteiger partial charge in [0.25, 0.3) is 5.91 Å². The van der Waals surface area contributed by atoms with Gasteiger partial charge >= 0.3 is 6.18 Å². The molecule has 1 amide bonds. The number of halogens is 3. The van der Waals surface area contributed by atoms with Gasteiger partial charge in [-0.05, 0) is 50.6 Å². The van der Waals surface area contributed by atoms with Gasteiger partial charge in [-0.15, -0.1) is 0 Å². The highest BCUT2D eigenvalue weighted by atomic mass is 19.4. The lowest BCUT2D eigenvalue weighted by Gasteiger charge is -2.17. The van der Waals surface area contributed by atoms with Crippen molar-refractivity contribution < 1.29 is 22.7 Å². The second-order valence-corrected chi connectivity index (χ2v) is 6.83. The van der Waals surface area contributed by atoms with E-state index in [-0.39, 0.29) is 11.7 Å².